The zero-order chi connectivity index (χ0) is 18.5. The van der Waals surface area contributed by atoms with Gasteiger partial charge in [0.05, 0.1) is 6.61 Å². The van der Waals surface area contributed by atoms with Crippen molar-refractivity contribution in [2.45, 2.75) is 19.8 Å². The number of aromatic nitrogens is 2. The number of carbonyl (C=O) groups is 2. The van der Waals surface area contributed by atoms with E-state index in [2.05, 4.69) is 15.3 Å². The van der Waals surface area contributed by atoms with Gasteiger partial charge in [0, 0.05) is 17.7 Å². The van der Waals surface area contributed by atoms with Crippen LogP contribution >= 0.6 is 11.3 Å². The molecular weight excluding hydrogens is 361 g/mol. The summed E-state index contributed by atoms with van der Waals surface area (Å²) in [5.74, 6) is -0.0918. The lowest BCUT2D eigenvalue weighted by atomic mass is 10.2. The number of amides is 1. The van der Waals surface area contributed by atoms with Crippen LogP contribution in [-0.2, 0) is 9.53 Å². The minimum atomic E-state index is -0.693. The zero-order valence-electron chi connectivity index (χ0n) is 14.2. The first-order valence-corrected chi connectivity index (χ1v) is 9.08. The van der Waals surface area contributed by atoms with Crippen LogP contribution in [0.1, 0.15) is 29.4 Å². The molecule has 1 saturated carbocycles. The minimum absolute atomic E-state index is 0.0430. The first kappa shape index (κ1) is 18.2. The summed E-state index contributed by atoms with van der Waals surface area (Å²) in [6, 6.07) is 3.38. The molecular formula is C17H18FN3O4S. The predicted octanol–water partition coefficient (Wildman–Crippen LogP) is 3.08. The Balaban J connectivity index is 1.85. The number of anilines is 1. The van der Waals surface area contributed by atoms with Gasteiger partial charge in [-0.1, -0.05) is 0 Å². The van der Waals surface area contributed by atoms with E-state index in [1.807, 2.05) is 0 Å². The third-order valence-electron chi connectivity index (χ3n) is 3.58. The Hall–Kier alpha value is -2.55. The Kier molecular flexibility index (Phi) is 5.77. The largest absolute Gasteiger partial charge is 0.474 e. The maximum atomic E-state index is 12.4. The molecule has 0 spiro atoms. The van der Waals surface area contributed by atoms with Gasteiger partial charge in [0.25, 0.3) is 0 Å². The number of thiazole rings is 1. The fourth-order valence-corrected chi connectivity index (χ4v) is 3.09. The van der Waals surface area contributed by atoms with Crippen LogP contribution < -0.4 is 10.1 Å². The van der Waals surface area contributed by atoms with Crippen molar-refractivity contribution in [3.8, 4) is 16.5 Å². The number of esters is 1. The number of alkyl halides is 1. The molecule has 1 amide bonds. The molecule has 0 atom stereocenters. The van der Waals surface area contributed by atoms with Crippen LogP contribution in [0.3, 0.4) is 0 Å². The van der Waals surface area contributed by atoms with E-state index in [0.29, 0.717) is 16.4 Å². The van der Waals surface area contributed by atoms with Crippen LogP contribution in [0.2, 0.25) is 0 Å². The maximum Gasteiger partial charge on any atom is 0.354 e. The van der Waals surface area contributed by atoms with Crippen LogP contribution in [0.5, 0.6) is 5.88 Å². The fourth-order valence-electron chi connectivity index (χ4n) is 2.19. The summed E-state index contributed by atoms with van der Waals surface area (Å²) < 4.78 is 22.6. The molecule has 1 fully saturated rings. The molecule has 3 rings (SSSR count). The van der Waals surface area contributed by atoms with Crippen molar-refractivity contribution in [2.75, 3.05) is 25.2 Å². The molecule has 7 nitrogen and oxygen atoms in total. The molecule has 0 aromatic carbocycles. The number of rotatable bonds is 8. The van der Waals surface area contributed by atoms with Gasteiger partial charge >= 0.3 is 5.97 Å². The Bertz CT molecular complexity index is 807. The monoisotopic (exact) mass is 379 g/mol. The number of pyridine rings is 1. The number of halogens is 1. The van der Waals surface area contributed by atoms with Gasteiger partial charge in [-0.25, -0.2) is 19.2 Å². The second-order valence-corrected chi connectivity index (χ2v) is 6.60. The van der Waals surface area contributed by atoms with Crippen molar-refractivity contribution in [3.63, 3.8) is 0 Å². The summed E-state index contributed by atoms with van der Waals surface area (Å²) >= 11 is 1.08. The van der Waals surface area contributed by atoms with Crippen molar-refractivity contribution in [3.05, 3.63) is 23.2 Å². The lowest BCUT2D eigenvalue weighted by Crippen LogP contribution is -2.14. The SMILES string of the molecule is CCOC(=O)c1sc(-c2ccnc(NC(=O)C3CC3)c2)nc1OCCF. The van der Waals surface area contributed by atoms with Gasteiger partial charge in [-0.3, -0.25) is 4.79 Å². The topological polar surface area (TPSA) is 90.4 Å². The molecule has 138 valence electrons. The molecule has 2 aromatic rings. The minimum Gasteiger partial charge on any atom is -0.474 e. The van der Waals surface area contributed by atoms with Crippen molar-refractivity contribution in [1.82, 2.24) is 9.97 Å². The standard InChI is InChI=1S/C17H18FN3O4S/c1-2-24-17(23)13-15(25-8-6-18)21-16(26-13)11-5-7-19-12(9-11)20-14(22)10-3-4-10/h5,7,9-10H,2-4,6,8H2,1H3,(H,19,20,22). The normalized spacial score (nSPS) is 13.3. The first-order chi connectivity index (χ1) is 12.6. The molecule has 1 aliphatic rings. The quantitative estimate of drug-likeness (QED) is 0.709. The van der Waals surface area contributed by atoms with Gasteiger partial charge in [0.1, 0.15) is 24.1 Å². The molecule has 1 N–H and O–H groups in total. The average molecular weight is 379 g/mol. The second-order valence-electron chi connectivity index (χ2n) is 5.60. The molecule has 2 aromatic heterocycles. The van der Waals surface area contributed by atoms with Crippen molar-refractivity contribution >= 4 is 29.0 Å². The van der Waals surface area contributed by atoms with E-state index in [1.54, 1.807) is 25.3 Å². The number of hydrogen-bond donors (Lipinski definition) is 1. The van der Waals surface area contributed by atoms with E-state index in [4.69, 9.17) is 9.47 Å². The Morgan fingerprint density at radius 3 is 2.92 bits per heavy atom. The highest BCUT2D eigenvalue weighted by Gasteiger charge is 2.30. The predicted molar refractivity (Wildman–Crippen MR) is 94.1 cm³/mol. The van der Waals surface area contributed by atoms with E-state index in [1.165, 1.54) is 0 Å². The summed E-state index contributed by atoms with van der Waals surface area (Å²) in [6.07, 6.45) is 3.34. The summed E-state index contributed by atoms with van der Waals surface area (Å²) in [5.41, 5.74) is 0.664. The molecule has 26 heavy (non-hydrogen) atoms. The Labute approximate surface area is 153 Å². The third kappa shape index (κ3) is 4.34. The van der Waals surface area contributed by atoms with Gasteiger partial charge in [-0.15, -0.1) is 11.3 Å². The van der Waals surface area contributed by atoms with E-state index >= 15 is 0 Å². The zero-order valence-corrected chi connectivity index (χ0v) is 15.0. The maximum absolute atomic E-state index is 12.4. The van der Waals surface area contributed by atoms with Crippen LogP contribution in [0, 0.1) is 5.92 Å². The van der Waals surface area contributed by atoms with Crippen LogP contribution in [0.15, 0.2) is 18.3 Å². The van der Waals surface area contributed by atoms with E-state index in [9.17, 15) is 14.0 Å². The van der Waals surface area contributed by atoms with Gasteiger partial charge in [0.2, 0.25) is 11.8 Å². The molecule has 9 heteroatoms. The van der Waals surface area contributed by atoms with Crippen LogP contribution in [-0.4, -0.2) is 41.7 Å². The highest BCUT2D eigenvalue weighted by atomic mass is 32.1. The number of hydrogen-bond acceptors (Lipinski definition) is 7. The lowest BCUT2D eigenvalue weighted by molar-refractivity contribution is -0.117. The van der Waals surface area contributed by atoms with E-state index in [-0.39, 0.29) is 35.8 Å². The smallest absolute Gasteiger partial charge is 0.354 e. The summed E-state index contributed by atoms with van der Waals surface area (Å²) in [7, 11) is 0. The number of nitrogens with one attached hydrogen (secondary N) is 1. The third-order valence-corrected chi connectivity index (χ3v) is 4.64. The second kappa shape index (κ2) is 8.22. The fraction of sp³-hybridized carbons (Fsp3) is 0.412. The summed E-state index contributed by atoms with van der Waals surface area (Å²) in [4.78, 5) is 32.5. The van der Waals surface area contributed by atoms with Crippen molar-refractivity contribution < 1.29 is 23.5 Å². The average Bonchev–Trinajstić information content (AvgIpc) is 3.40. The number of ether oxygens (including phenoxy) is 2. The van der Waals surface area contributed by atoms with Gasteiger partial charge in [0.15, 0.2) is 4.88 Å². The number of carbonyl (C=O) groups excluding carboxylic acids is 2. The summed E-state index contributed by atoms with van der Waals surface area (Å²) in [5, 5.41) is 3.26. The van der Waals surface area contributed by atoms with Gasteiger partial charge < -0.3 is 14.8 Å². The molecule has 0 radical (unpaired) electrons. The highest BCUT2D eigenvalue weighted by Crippen LogP contribution is 2.34. The highest BCUT2D eigenvalue weighted by molar-refractivity contribution is 7.17. The number of nitrogens with zero attached hydrogens (tertiary/aromatic N) is 2. The van der Waals surface area contributed by atoms with Crippen LogP contribution in [0.4, 0.5) is 10.2 Å². The van der Waals surface area contributed by atoms with E-state index < -0.39 is 12.6 Å². The molecule has 0 bridgehead atoms. The first-order valence-electron chi connectivity index (χ1n) is 8.26. The van der Waals surface area contributed by atoms with Gasteiger partial charge in [-0.05, 0) is 31.9 Å². The molecule has 2 heterocycles. The Morgan fingerprint density at radius 2 is 2.23 bits per heavy atom. The summed E-state index contributed by atoms with van der Waals surface area (Å²) in [6.45, 7) is 1.01. The molecule has 0 aliphatic heterocycles. The molecule has 0 unspecified atom stereocenters. The van der Waals surface area contributed by atoms with Crippen molar-refractivity contribution in [2.24, 2.45) is 5.92 Å². The molecule has 1 aliphatic carbocycles. The van der Waals surface area contributed by atoms with Crippen LogP contribution in [0.25, 0.3) is 10.6 Å². The van der Waals surface area contributed by atoms with Crippen molar-refractivity contribution in [1.29, 1.82) is 0 Å². The Morgan fingerprint density at radius 1 is 1.42 bits per heavy atom. The molecule has 0 saturated heterocycles. The lowest BCUT2D eigenvalue weighted by Gasteiger charge is -2.04. The van der Waals surface area contributed by atoms with E-state index in [0.717, 1.165) is 24.2 Å². The van der Waals surface area contributed by atoms with Gasteiger partial charge in [-0.2, -0.15) is 0 Å².